The van der Waals surface area contributed by atoms with Crippen molar-refractivity contribution < 1.29 is 9.90 Å². The number of unbranched alkanes of at least 4 members (excludes halogenated alkanes) is 1. The van der Waals surface area contributed by atoms with Crippen molar-refractivity contribution in [1.29, 1.82) is 0 Å². The molecule has 0 saturated carbocycles. The van der Waals surface area contributed by atoms with Gasteiger partial charge in [-0.1, -0.05) is 13.3 Å². The number of carbonyl (C=O) groups excluding carboxylic acids is 1. The van der Waals surface area contributed by atoms with Crippen LogP contribution in [-0.2, 0) is 4.79 Å². The Bertz CT molecular complexity index is 172. The molecule has 0 fully saturated rings. The number of rotatable bonds is 8. The fourth-order valence-electron chi connectivity index (χ4n) is 1.14. The molecule has 4 heteroatoms. The number of carbonyl (C=O) groups is 1. The third-order valence-corrected chi connectivity index (χ3v) is 2.24. The van der Waals surface area contributed by atoms with Gasteiger partial charge in [-0.05, 0) is 33.2 Å². The lowest BCUT2D eigenvalue weighted by atomic mass is 10.2. The first-order chi connectivity index (χ1) is 7.07. The summed E-state index contributed by atoms with van der Waals surface area (Å²) in [5.74, 6) is 0.0362. The van der Waals surface area contributed by atoms with Crippen LogP contribution < -0.4 is 10.6 Å². The van der Waals surface area contributed by atoms with Crippen molar-refractivity contribution in [2.45, 2.75) is 52.2 Å². The summed E-state index contributed by atoms with van der Waals surface area (Å²) in [7, 11) is 0. The average molecular weight is 216 g/mol. The van der Waals surface area contributed by atoms with E-state index in [1.165, 1.54) is 0 Å². The fraction of sp³-hybridized carbons (Fsp3) is 0.909. The maximum Gasteiger partial charge on any atom is 0.236 e. The highest BCUT2D eigenvalue weighted by atomic mass is 16.3. The Balaban J connectivity index is 3.51. The molecule has 0 aromatic heterocycles. The normalized spacial score (nSPS) is 14.7. The maximum absolute atomic E-state index is 11.5. The van der Waals surface area contributed by atoms with Crippen LogP contribution in [0.4, 0.5) is 0 Å². The molecule has 0 spiro atoms. The van der Waals surface area contributed by atoms with Gasteiger partial charge in [0, 0.05) is 6.54 Å². The molecule has 15 heavy (non-hydrogen) atoms. The van der Waals surface area contributed by atoms with E-state index in [0.29, 0.717) is 13.0 Å². The molecule has 0 heterocycles. The summed E-state index contributed by atoms with van der Waals surface area (Å²) in [6.45, 7) is 7.09. The first-order valence-corrected chi connectivity index (χ1v) is 5.77. The van der Waals surface area contributed by atoms with Crippen LogP contribution in [0.3, 0.4) is 0 Å². The zero-order valence-corrected chi connectivity index (χ0v) is 10.0. The van der Waals surface area contributed by atoms with E-state index in [4.69, 9.17) is 5.11 Å². The Labute approximate surface area is 92.4 Å². The van der Waals surface area contributed by atoms with E-state index in [1.807, 2.05) is 6.92 Å². The van der Waals surface area contributed by atoms with Crippen LogP contribution in [0, 0.1) is 0 Å². The van der Waals surface area contributed by atoms with Gasteiger partial charge in [0.1, 0.15) is 0 Å². The molecule has 0 radical (unpaired) electrons. The van der Waals surface area contributed by atoms with Crippen molar-refractivity contribution in [3.8, 4) is 0 Å². The second-order valence-corrected chi connectivity index (χ2v) is 3.96. The maximum atomic E-state index is 11.5. The highest BCUT2D eigenvalue weighted by Gasteiger charge is 2.10. The number of amides is 1. The molecule has 0 saturated heterocycles. The summed E-state index contributed by atoms with van der Waals surface area (Å²) in [5, 5.41) is 15.0. The van der Waals surface area contributed by atoms with E-state index in [9.17, 15) is 4.79 Å². The van der Waals surface area contributed by atoms with Crippen molar-refractivity contribution in [2.75, 3.05) is 13.1 Å². The molecular weight excluding hydrogens is 192 g/mol. The second kappa shape index (κ2) is 8.68. The zero-order valence-electron chi connectivity index (χ0n) is 10.0. The van der Waals surface area contributed by atoms with Gasteiger partial charge in [0.25, 0.3) is 0 Å². The van der Waals surface area contributed by atoms with Crippen LogP contribution >= 0.6 is 0 Å². The van der Waals surface area contributed by atoms with E-state index in [-0.39, 0.29) is 18.1 Å². The minimum Gasteiger partial charge on any atom is -0.393 e. The molecular formula is C11H24N2O2. The van der Waals surface area contributed by atoms with E-state index in [2.05, 4.69) is 17.6 Å². The van der Waals surface area contributed by atoms with Crippen molar-refractivity contribution in [1.82, 2.24) is 10.6 Å². The largest absolute Gasteiger partial charge is 0.393 e. The Hall–Kier alpha value is -0.610. The fourth-order valence-corrected chi connectivity index (χ4v) is 1.14. The van der Waals surface area contributed by atoms with Crippen LogP contribution in [0.1, 0.15) is 40.0 Å². The molecule has 0 aromatic carbocycles. The van der Waals surface area contributed by atoms with Crippen LogP contribution in [0.5, 0.6) is 0 Å². The number of hydrogen-bond donors (Lipinski definition) is 3. The van der Waals surface area contributed by atoms with Crippen molar-refractivity contribution in [3.05, 3.63) is 0 Å². The number of aliphatic hydroxyl groups excluding tert-OH is 1. The summed E-state index contributed by atoms with van der Waals surface area (Å²) in [6, 6.07) is -0.180. The van der Waals surface area contributed by atoms with Crippen LogP contribution in [0.25, 0.3) is 0 Å². The summed E-state index contributed by atoms with van der Waals surface area (Å²) in [4.78, 5) is 11.5. The highest BCUT2D eigenvalue weighted by molar-refractivity contribution is 5.81. The van der Waals surface area contributed by atoms with Crippen LogP contribution in [-0.4, -0.2) is 36.2 Å². The first-order valence-electron chi connectivity index (χ1n) is 5.77. The zero-order chi connectivity index (χ0) is 11.7. The van der Waals surface area contributed by atoms with Gasteiger partial charge >= 0.3 is 0 Å². The summed E-state index contributed by atoms with van der Waals surface area (Å²) in [6.07, 6.45) is 2.47. The quantitative estimate of drug-likeness (QED) is 0.522. The molecule has 1 amide bonds. The Morgan fingerprint density at radius 2 is 2.00 bits per heavy atom. The minimum atomic E-state index is -0.312. The summed E-state index contributed by atoms with van der Waals surface area (Å²) >= 11 is 0. The molecule has 2 atom stereocenters. The molecule has 2 unspecified atom stereocenters. The minimum absolute atomic E-state index is 0.0362. The standard InChI is InChI=1S/C11H24N2O2/c1-4-5-7-13-11(15)10(3)12-8-6-9(2)14/h9-10,12,14H,4-8H2,1-3H3,(H,13,15). The highest BCUT2D eigenvalue weighted by Crippen LogP contribution is 1.89. The molecule has 90 valence electrons. The van der Waals surface area contributed by atoms with Gasteiger partial charge in [-0.2, -0.15) is 0 Å². The molecule has 0 aliphatic heterocycles. The third kappa shape index (κ3) is 8.39. The smallest absolute Gasteiger partial charge is 0.236 e. The molecule has 0 bridgehead atoms. The molecule has 3 N–H and O–H groups in total. The van der Waals surface area contributed by atoms with Gasteiger partial charge in [-0.25, -0.2) is 0 Å². The van der Waals surface area contributed by atoms with E-state index in [1.54, 1.807) is 6.92 Å². The van der Waals surface area contributed by atoms with Gasteiger partial charge in [-0.15, -0.1) is 0 Å². The van der Waals surface area contributed by atoms with Crippen LogP contribution in [0.15, 0.2) is 0 Å². The van der Waals surface area contributed by atoms with Crippen molar-refractivity contribution in [3.63, 3.8) is 0 Å². The molecule has 0 aliphatic carbocycles. The monoisotopic (exact) mass is 216 g/mol. The van der Waals surface area contributed by atoms with Crippen molar-refractivity contribution >= 4 is 5.91 Å². The Kier molecular flexibility index (Phi) is 8.33. The lowest BCUT2D eigenvalue weighted by Crippen LogP contribution is -2.43. The molecule has 0 rings (SSSR count). The Morgan fingerprint density at radius 1 is 1.33 bits per heavy atom. The van der Waals surface area contributed by atoms with Gasteiger partial charge < -0.3 is 15.7 Å². The number of aliphatic hydroxyl groups is 1. The average Bonchev–Trinajstić information content (AvgIpc) is 2.17. The molecule has 4 nitrogen and oxygen atoms in total. The summed E-state index contributed by atoms with van der Waals surface area (Å²) in [5.41, 5.74) is 0. The van der Waals surface area contributed by atoms with Gasteiger partial charge in [0.15, 0.2) is 0 Å². The van der Waals surface area contributed by atoms with Gasteiger partial charge in [-0.3, -0.25) is 4.79 Å². The van der Waals surface area contributed by atoms with Crippen molar-refractivity contribution in [2.24, 2.45) is 0 Å². The SMILES string of the molecule is CCCCNC(=O)C(C)NCCC(C)O. The number of nitrogens with one attached hydrogen (secondary N) is 2. The van der Waals surface area contributed by atoms with Gasteiger partial charge in [0.05, 0.1) is 12.1 Å². The van der Waals surface area contributed by atoms with Crippen LogP contribution in [0.2, 0.25) is 0 Å². The number of hydrogen-bond acceptors (Lipinski definition) is 3. The van der Waals surface area contributed by atoms with E-state index < -0.39 is 0 Å². The molecule has 0 aliphatic rings. The predicted octanol–water partition coefficient (Wildman–Crippen LogP) is 0.652. The lowest BCUT2D eigenvalue weighted by Gasteiger charge is -2.14. The van der Waals surface area contributed by atoms with E-state index >= 15 is 0 Å². The predicted molar refractivity (Wildman–Crippen MR) is 61.7 cm³/mol. The van der Waals surface area contributed by atoms with E-state index in [0.717, 1.165) is 19.4 Å². The van der Waals surface area contributed by atoms with Gasteiger partial charge in [0.2, 0.25) is 5.91 Å². The molecule has 0 aromatic rings. The topological polar surface area (TPSA) is 61.4 Å². The second-order valence-electron chi connectivity index (χ2n) is 3.96. The Morgan fingerprint density at radius 3 is 2.53 bits per heavy atom. The first kappa shape index (κ1) is 14.4. The lowest BCUT2D eigenvalue weighted by molar-refractivity contribution is -0.122. The summed E-state index contributed by atoms with van der Waals surface area (Å²) < 4.78 is 0. The third-order valence-electron chi connectivity index (χ3n) is 2.24.